The van der Waals surface area contributed by atoms with Crippen molar-refractivity contribution in [2.45, 2.75) is 32.1 Å². The summed E-state index contributed by atoms with van der Waals surface area (Å²) in [4.78, 5) is 42.5. The van der Waals surface area contributed by atoms with Gasteiger partial charge in [0.1, 0.15) is 5.82 Å². The molecule has 0 aromatic heterocycles. The molecule has 2 heterocycles. The third-order valence-electron chi connectivity index (χ3n) is 6.78. The predicted octanol–water partition coefficient (Wildman–Crippen LogP) is 3.87. The molecule has 6 nitrogen and oxygen atoms in total. The van der Waals surface area contributed by atoms with Crippen molar-refractivity contribution in [2.75, 3.05) is 32.8 Å². The molecule has 0 radical (unpaired) electrons. The lowest BCUT2D eigenvalue weighted by Gasteiger charge is -2.40. The number of benzene rings is 2. The first-order valence-corrected chi connectivity index (χ1v) is 12.0. The lowest BCUT2D eigenvalue weighted by atomic mass is 9.83. The van der Waals surface area contributed by atoms with Gasteiger partial charge in [0, 0.05) is 37.7 Å². The third kappa shape index (κ3) is 5.46. The van der Waals surface area contributed by atoms with Crippen molar-refractivity contribution in [3.63, 3.8) is 0 Å². The van der Waals surface area contributed by atoms with Gasteiger partial charge < -0.3 is 14.5 Å². The minimum Gasteiger partial charge on any atom is -0.466 e. The van der Waals surface area contributed by atoms with E-state index in [1.807, 2.05) is 30.3 Å². The summed E-state index contributed by atoms with van der Waals surface area (Å²) >= 11 is 0. The Hall–Kier alpha value is -3.22. The largest absolute Gasteiger partial charge is 0.466 e. The van der Waals surface area contributed by atoms with Gasteiger partial charge in [0.05, 0.1) is 18.4 Å². The van der Waals surface area contributed by atoms with E-state index < -0.39 is 11.7 Å². The van der Waals surface area contributed by atoms with Gasteiger partial charge in [0.15, 0.2) is 0 Å². The molecule has 2 aliphatic rings. The molecule has 3 atom stereocenters. The van der Waals surface area contributed by atoms with E-state index >= 15 is 0 Å². The summed E-state index contributed by atoms with van der Waals surface area (Å²) < 4.78 is 18.9. The molecule has 2 fully saturated rings. The molecule has 0 saturated carbocycles. The SMILES string of the molecule is CCOC(=O)[C@@H]1CCCN(C(=O)[C@H]2C[C@H](c3ccccc3)CN(C(=O)c3cccc(F)c3)C2)C1. The number of esters is 1. The number of hydrogen-bond donors (Lipinski definition) is 0. The highest BCUT2D eigenvalue weighted by molar-refractivity contribution is 5.95. The first-order valence-electron chi connectivity index (χ1n) is 12.0. The van der Waals surface area contributed by atoms with Crippen molar-refractivity contribution in [3.8, 4) is 0 Å². The maximum Gasteiger partial charge on any atom is 0.310 e. The Balaban J connectivity index is 1.55. The van der Waals surface area contributed by atoms with E-state index in [0.717, 1.165) is 12.0 Å². The second-order valence-electron chi connectivity index (χ2n) is 9.14. The van der Waals surface area contributed by atoms with Gasteiger partial charge in [-0.25, -0.2) is 4.39 Å². The maximum absolute atomic E-state index is 13.8. The molecule has 7 heteroatoms. The zero-order valence-corrected chi connectivity index (χ0v) is 19.5. The number of ether oxygens (including phenoxy) is 1. The van der Waals surface area contributed by atoms with Crippen LogP contribution in [0.1, 0.15) is 48.0 Å². The van der Waals surface area contributed by atoms with Crippen molar-refractivity contribution < 1.29 is 23.5 Å². The van der Waals surface area contributed by atoms with E-state index in [2.05, 4.69) is 0 Å². The molecule has 34 heavy (non-hydrogen) atoms. The van der Waals surface area contributed by atoms with E-state index in [-0.39, 0.29) is 41.7 Å². The molecule has 2 amide bonds. The summed E-state index contributed by atoms with van der Waals surface area (Å²) in [5.74, 6) is -1.74. The van der Waals surface area contributed by atoms with Crippen LogP contribution < -0.4 is 0 Å². The van der Waals surface area contributed by atoms with Crippen LogP contribution >= 0.6 is 0 Å². The zero-order valence-electron chi connectivity index (χ0n) is 19.5. The highest BCUT2D eigenvalue weighted by Crippen LogP contribution is 2.33. The van der Waals surface area contributed by atoms with Gasteiger partial charge in [-0.3, -0.25) is 14.4 Å². The van der Waals surface area contributed by atoms with Crippen LogP contribution in [0.3, 0.4) is 0 Å². The first kappa shape index (κ1) is 23.9. The number of amides is 2. The van der Waals surface area contributed by atoms with Crippen LogP contribution in [0.2, 0.25) is 0 Å². The number of likely N-dealkylation sites (tertiary alicyclic amines) is 2. The molecule has 2 saturated heterocycles. The number of carbonyl (C=O) groups is 3. The van der Waals surface area contributed by atoms with Gasteiger partial charge in [-0.1, -0.05) is 36.4 Å². The molecule has 0 spiro atoms. The third-order valence-corrected chi connectivity index (χ3v) is 6.78. The fraction of sp³-hybridized carbons (Fsp3) is 0.444. The number of nitrogens with zero attached hydrogens (tertiary/aromatic N) is 2. The number of carbonyl (C=O) groups excluding carboxylic acids is 3. The fourth-order valence-electron chi connectivity index (χ4n) is 5.10. The van der Waals surface area contributed by atoms with Crippen LogP contribution in [0.5, 0.6) is 0 Å². The number of halogens is 1. The average Bonchev–Trinajstić information content (AvgIpc) is 2.88. The Labute approximate surface area is 199 Å². The van der Waals surface area contributed by atoms with Gasteiger partial charge in [-0.15, -0.1) is 0 Å². The summed E-state index contributed by atoms with van der Waals surface area (Å²) in [6.07, 6.45) is 2.08. The van der Waals surface area contributed by atoms with Crippen LogP contribution in [-0.2, 0) is 14.3 Å². The average molecular weight is 467 g/mol. The summed E-state index contributed by atoms with van der Waals surface area (Å²) in [5.41, 5.74) is 1.35. The smallest absolute Gasteiger partial charge is 0.310 e. The Kier molecular flexibility index (Phi) is 7.60. The second-order valence-corrected chi connectivity index (χ2v) is 9.14. The Morgan fingerprint density at radius 1 is 0.971 bits per heavy atom. The lowest BCUT2D eigenvalue weighted by Crippen LogP contribution is -2.51. The normalized spacial score (nSPS) is 22.8. The van der Waals surface area contributed by atoms with E-state index in [4.69, 9.17) is 4.74 Å². The summed E-state index contributed by atoms with van der Waals surface area (Å²) in [6.45, 7) is 3.79. The lowest BCUT2D eigenvalue weighted by molar-refractivity contribution is -0.152. The van der Waals surface area contributed by atoms with Gasteiger partial charge in [0.2, 0.25) is 5.91 Å². The zero-order chi connectivity index (χ0) is 24.1. The number of piperidine rings is 2. The molecule has 0 bridgehead atoms. The highest BCUT2D eigenvalue weighted by atomic mass is 19.1. The number of hydrogen-bond acceptors (Lipinski definition) is 4. The van der Waals surface area contributed by atoms with Crippen LogP contribution in [0.15, 0.2) is 54.6 Å². The molecule has 2 aromatic carbocycles. The Morgan fingerprint density at radius 3 is 2.47 bits per heavy atom. The Bertz CT molecular complexity index is 1030. The molecular formula is C27H31FN2O4. The van der Waals surface area contributed by atoms with Crippen molar-refractivity contribution in [2.24, 2.45) is 11.8 Å². The van der Waals surface area contributed by atoms with E-state index in [9.17, 15) is 18.8 Å². The van der Waals surface area contributed by atoms with Gasteiger partial charge >= 0.3 is 5.97 Å². The molecule has 0 N–H and O–H groups in total. The topological polar surface area (TPSA) is 66.9 Å². The summed E-state index contributed by atoms with van der Waals surface area (Å²) in [7, 11) is 0. The molecule has 2 aromatic rings. The van der Waals surface area contributed by atoms with Crippen molar-refractivity contribution in [3.05, 3.63) is 71.5 Å². The van der Waals surface area contributed by atoms with Crippen LogP contribution in [0.25, 0.3) is 0 Å². The maximum atomic E-state index is 13.8. The number of rotatable bonds is 5. The van der Waals surface area contributed by atoms with E-state index in [1.165, 1.54) is 18.2 Å². The van der Waals surface area contributed by atoms with Gasteiger partial charge in [-0.2, -0.15) is 0 Å². The first-order chi connectivity index (χ1) is 16.5. The van der Waals surface area contributed by atoms with Crippen LogP contribution in [0, 0.1) is 17.7 Å². The second kappa shape index (κ2) is 10.8. The van der Waals surface area contributed by atoms with Crippen molar-refractivity contribution >= 4 is 17.8 Å². The fourth-order valence-corrected chi connectivity index (χ4v) is 5.10. The molecule has 180 valence electrons. The summed E-state index contributed by atoms with van der Waals surface area (Å²) in [5, 5.41) is 0. The monoisotopic (exact) mass is 466 g/mol. The summed E-state index contributed by atoms with van der Waals surface area (Å²) in [6, 6.07) is 15.5. The van der Waals surface area contributed by atoms with Gasteiger partial charge in [0.25, 0.3) is 5.91 Å². The minimum atomic E-state index is -0.464. The molecule has 0 aliphatic carbocycles. The Morgan fingerprint density at radius 2 is 1.74 bits per heavy atom. The molecule has 4 rings (SSSR count). The highest BCUT2D eigenvalue weighted by Gasteiger charge is 2.38. The van der Waals surface area contributed by atoms with Crippen LogP contribution in [-0.4, -0.2) is 60.4 Å². The molecular weight excluding hydrogens is 435 g/mol. The van der Waals surface area contributed by atoms with Crippen molar-refractivity contribution in [1.82, 2.24) is 9.80 Å². The molecule has 2 aliphatic heterocycles. The standard InChI is InChI=1S/C27H31FN2O4/c1-2-34-27(33)21-11-7-13-29(16-21)26(32)23-14-22(19-8-4-3-5-9-19)17-30(18-23)25(31)20-10-6-12-24(28)15-20/h3-6,8-10,12,15,21-23H,2,7,11,13-14,16-18H2,1H3/t21-,22+,23+/m1/s1. The predicted molar refractivity (Wildman–Crippen MR) is 126 cm³/mol. The van der Waals surface area contributed by atoms with Gasteiger partial charge in [-0.05, 0) is 49.9 Å². The van der Waals surface area contributed by atoms with E-state index in [1.54, 1.807) is 22.8 Å². The van der Waals surface area contributed by atoms with Crippen molar-refractivity contribution in [1.29, 1.82) is 0 Å². The van der Waals surface area contributed by atoms with E-state index in [0.29, 0.717) is 39.1 Å². The quantitative estimate of drug-likeness (QED) is 0.628. The van der Waals surface area contributed by atoms with Crippen LogP contribution in [0.4, 0.5) is 4.39 Å². The molecule has 0 unspecified atom stereocenters. The minimum absolute atomic E-state index is 0.00736.